The van der Waals surface area contributed by atoms with Gasteiger partial charge in [0.15, 0.2) is 6.10 Å². The van der Waals surface area contributed by atoms with Gasteiger partial charge >= 0.3 is 11.7 Å². The van der Waals surface area contributed by atoms with E-state index in [2.05, 4.69) is 5.32 Å². The van der Waals surface area contributed by atoms with E-state index in [9.17, 15) is 24.1 Å². The molecule has 0 heterocycles. The number of hydrogen-bond donors (Lipinski definition) is 1. The summed E-state index contributed by atoms with van der Waals surface area (Å²) in [5.41, 5.74) is -0.232. The van der Waals surface area contributed by atoms with Gasteiger partial charge in [0.2, 0.25) is 5.82 Å². The van der Waals surface area contributed by atoms with Gasteiger partial charge in [-0.3, -0.25) is 14.9 Å². The Labute approximate surface area is 171 Å². The quantitative estimate of drug-likeness (QED) is 0.302. The molecule has 10 heteroatoms. The number of carbonyl (C=O) groups excluding carboxylic acids is 2. The number of methoxy groups -OCH3 is 2. The second-order valence-electron chi connectivity index (χ2n) is 5.93. The first-order chi connectivity index (χ1) is 14.2. The van der Waals surface area contributed by atoms with Crippen molar-refractivity contribution in [1.29, 1.82) is 0 Å². The minimum absolute atomic E-state index is 0.00680. The maximum Gasteiger partial charge on any atom is 0.331 e. The number of amides is 1. The number of nitrogens with zero attached hydrogens (tertiary/aromatic N) is 1. The normalized spacial score (nSPS) is 11.6. The van der Waals surface area contributed by atoms with Crippen LogP contribution < -0.4 is 14.8 Å². The fourth-order valence-electron chi connectivity index (χ4n) is 2.37. The molecule has 158 valence electrons. The first-order valence-electron chi connectivity index (χ1n) is 8.60. The van der Waals surface area contributed by atoms with Crippen LogP contribution in [-0.4, -0.2) is 37.1 Å². The molecular weight excluding hydrogens is 399 g/mol. The molecule has 1 N–H and O–H groups in total. The number of nitro benzene ring substituents is 1. The van der Waals surface area contributed by atoms with E-state index in [-0.39, 0.29) is 5.69 Å². The fraction of sp³-hybridized carbons (Fsp3) is 0.200. The number of carbonyl (C=O) groups is 2. The molecule has 2 rings (SSSR count). The van der Waals surface area contributed by atoms with Crippen LogP contribution in [0, 0.1) is 15.9 Å². The third kappa shape index (κ3) is 5.77. The summed E-state index contributed by atoms with van der Waals surface area (Å²) in [6, 6.07) is 7.90. The highest BCUT2D eigenvalue weighted by atomic mass is 19.1. The van der Waals surface area contributed by atoms with E-state index in [4.69, 9.17) is 14.2 Å². The van der Waals surface area contributed by atoms with Gasteiger partial charge in [0.05, 0.1) is 19.1 Å². The Morgan fingerprint density at radius 1 is 1.17 bits per heavy atom. The monoisotopic (exact) mass is 418 g/mol. The highest BCUT2D eigenvalue weighted by molar-refractivity contribution is 5.97. The minimum atomic E-state index is -1.21. The Bertz CT molecular complexity index is 991. The van der Waals surface area contributed by atoms with Crippen molar-refractivity contribution < 1.29 is 33.1 Å². The summed E-state index contributed by atoms with van der Waals surface area (Å²) in [6.07, 6.45) is 1.35. The van der Waals surface area contributed by atoms with Crippen LogP contribution >= 0.6 is 0 Å². The van der Waals surface area contributed by atoms with Crippen LogP contribution in [0.3, 0.4) is 0 Å². The molecule has 30 heavy (non-hydrogen) atoms. The van der Waals surface area contributed by atoms with E-state index in [0.717, 1.165) is 24.3 Å². The zero-order chi connectivity index (χ0) is 22.3. The lowest BCUT2D eigenvalue weighted by molar-refractivity contribution is -0.387. The predicted molar refractivity (Wildman–Crippen MR) is 106 cm³/mol. The van der Waals surface area contributed by atoms with Crippen molar-refractivity contribution in [2.45, 2.75) is 13.0 Å². The smallest absolute Gasteiger partial charge is 0.331 e. The van der Waals surface area contributed by atoms with E-state index in [1.807, 2.05) is 0 Å². The van der Waals surface area contributed by atoms with E-state index >= 15 is 0 Å². The summed E-state index contributed by atoms with van der Waals surface area (Å²) in [5, 5.41) is 13.1. The molecular formula is C20H19FN2O7. The number of nitrogens with one attached hydrogen (secondary N) is 1. The summed E-state index contributed by atoms with van der Waals surface area (Å²) in [7, 11) is 2.98. The van der Waals surface area contributed by atoms with Crippen LogP contribution in [0.15, 0.2) is 42.5 Å². The molecule has 0 aromatic heterocycles. The van der Waals surface area contributed by atoms with E-state index < -0.39 is 34.4 Å². The SMILES string of the molecule is COc1ccc(OC)c(/C=C/C(=O)OC(C)C(=O)Nc2ccc(F)c([N+](=O)[O-])c2)c1. The Kier molecular flexibility index (Phi) is 7.45. The van der Waals surface area contributed by atoms with Gasteiger partial charge in [-0.1, -0.05) is 0 Å². The molecule has 0 spiro atoms. The first kappa shape index (κ1) is 22.3. The highest BCUT2D eigenvalue weighted by Gasteiger charge is 2.19. The van der Waals surface area contributed by atoms with Crippen molar-refractivity contribution in [1.82, 2.24) is 0 Å². The maximum absolute atomic E-state index is 13.4. The van der Waals surface area contributed by atoms with Gasteiger partial charge in [0, 0.05) is 23.4 Å². The topological polar surface area (TPSA) is 117 Å². The van der Waals surface area contributed by atoms with Crippen molar-refractivity contribution in [2.75, 3.05) is 19.5 Å². The number of nitro groups is 1. The molecule has 0 fully saturated rings. The molecule has 1 amide bonds. The molecule has 1 atom stereocenters. The van der Waals surface area contributed by atoms with Gasteiger partial charge in [-0.25, -0.2) is 4.79 Å². The summed E-state index contributed by atoms with van der Waals surface area (Å²) in [6.45, 7) is 1.32. The molecule has 2 aromatic rings. The molecule has 2 aromatic carbocycles. The largest absolute Gasteiger partial charge is 0.497 e. The second kappa shape index (κ2) is 10.0. The predicted octanol–water partition coefficient (Wildman–Crippen LogP) is 3.33. The van der Waals surface area contributed by atoms with Gasteiger partial charge in [-0.15, -0.1) is 0 Å². The van der Waals surface area contributed by atoms with E-state index in [0.29, 0.717) is 17.1 Å². The number of ether oxygens (including phenoxy) is 3. The molecule has 1 unspecified atom stereocenters. The third-order valence-corrected chi connectivity index (χ3v) is 3.91. The number of esters is 1. The van der Waals surface area contributed by atoms with E-state index in [1.54, 1.807) is 18.2 Å². The lowest BCUT2D eigenvalue weighted by Crippen LogP contribution is -2.29. The van der Waals surface area contributed by atoms with Crippen LogP contribution in [0.4, 0.5) is 15.8 Å². The van der Waals surface area contributed by atoms with E-state index in [1.165, 1.54) is 27.2 Å². The van der Waals surface area contributed by atoms with Gasteiger partial charge in [0.25, 0.3) is 5.91 Å². The van der Waals surface area contributed by atoms with Crippen molar-refractivity contribution in [3.8, 4) is 11.5 Å². The molecule has 0 aliphatic carbocycles. The average Bonchev–Trinajstić information content (AvgIpc) is 2.72. The lowest BCUT2D eigenvalue weighted by Gasteiger charge is -2.12. The molecule has 0 saturated carbocycles. The number of halogens is 1. The highest BCUT2D eigenvalue weighted by Crippen LogP contribution is 2.25. The van der Waals surface area contributed by atoms with Crippen molar-refractivity contribution >= 4 is 29.3 Å². The minimum Gasteiger partial charge on any atom is -0.497 e. The van der Waals surface area contributed by atoms with Gasteiger partial charge in [0.1, 0.15) is 11.5 Å². The molecule has 9 nitrogen and oxygen atoms in total. The average molecular weight is 418 g/mol. The first-order valence-corrected chi connectivity index (χ1v) is 8.60. The van der Waals surface area contributed by atoms with Crippen molar-refractivity contribution in [3.63, 3.8) is 0 Å². The lowest BCUT2D eigenvalue weighted by atomic mass is 10.1. The Balaban J connectivity index is 2.02. The number of anilines is 1. The number of rotatable bonds is 8. The molecule has 0 radical (unpaired) electrons. The van der Waals surface area contributed by atoms with Crippen LogP contribution in [0.1, 0.15) is 12.5 Å². The molecule has 0 bridgehead atoms. The zero-order valence-corrected chi connectivity index (χ0v) is 16.4. The molecule has 0 aliphatic heterocycles. The van der Waals surface area contributed by atoms with Crippen LogP contribution in [0.2, 0.25) is 0 Å². The maximum atomic E-state index is 13.4. The Hall–Kier alpha value is -3.95. The van der Waals surface area contributed by atoms with Gasteiger partial charge in [-0.05, 0) is 43.3 Å². The summed E-state index contributed by atoms with van der Waals surface area (Å²) < 4.78 is 28.7. The van der Waals surface area contributed by atoms with Crippen LogP contribution in [0.25, 0.3) is 6.08 Å². The Morgan fingerprint density at radius 2 is 1.90 bits per heavy atom. The Morgan fingerprint density at radius 3 is 2.53 bits per heavy atom. The standard InChI is InChI=1S/C20H19FN2O7/c1-12(20(25)22-14-5-7-16(21)17(11-14)23(26)27)30-19(24)9-4-13-10-15(28-2)6-8-18(13)29-3/h4-12H,1-3H3,(H,22,25)/b9-4+. The summed E-state index contributed by atoms with van der Waals surface area (Å²) in [5.74, 6) is -1.51. The number of benzene rings is 2. The summed E-state index contributed by atoms with van der Waals surface area (Å²) >= 11 is 0. The fourth-order valence-corrected chi connectivity index (χ4v) is 2.37. The van der Waals surface area contributed by atoms with Gasteiger partial charge < -0.3 is 19.5 Å². The molecule has 0 aliphatic rings. The van der Waals surface area contributed by atoms with Crippen molar-refractivity contribution in [2.24, 2.45) is 0 Å². The van der Waals surface area contributed by atoms with Gasteiger partial charge in [-0.2, -0.15) is 4.39 Å². The molecule has 0 saturated heterocycles. The van der Waals surface area contributed by atoms with Crippen LogP contribution in [-0.2, 0) is 14.3 Å². The zero-order valence-electron chi connectivity index (χ0n) is 16.4. The third-order valence-electron chi connectivity index (χ3n) is 3.91. The van der Waals surface area contributed by atoms with Crippen molar-refractivity contribution in [3.05, 3.63) is 64.0 Å². The summed E-state index contributed by atoms with van der Waals surface area (Å²) in [4.78, 5) is 34.0. The van der Waals surface area contributed by atoms with Crippen LogP contribution in [0.5, 0.6) is 11.5 Å². The number of hydrogen-bond acceptors (Lipinski definition) is 7. The second-order valence-corrected chi connectivity index (χ2v) is 5.93.